The highest BCUT2D eigenvalue weighted by Gasteiger charge is 2.30. The third-order valence-electron chi connectivity index (χ3n) is 14.2. The number of hydrogen-bond acceptors (Lipinski definition) is 16. The van der Waals surface area contributed by atoms with Crippen molar-refractivity contribution in [1.29, 1.82) is 0 Å². The third kappa shape index (κ3) is 8.62. The minimum atomic E-state index is -0.259. The summed E-state index contributed by atoms with van der Waals surface area (Å²) in [6.07, 6.45) is 16.7. The summed E-state index contributed by atoms with van der Waals surface area (Å²) in [4.78, 5) is 84.3. The zero-order valence-corrected chi connectivity index (χ0v) is 42.1. The molecule has 0 spiro atoms. The van der Waals surface area contributed by atoms with Crippen molar-refractivity contribution in [3.05, 3.63) is 187 Å². The summed E-state index contributed by atoms with van der Waals surface area (Å²) >= 11 is 0. The summed E-state index contributed by atoms with van der Waals surface area (Å²) in [5.41, 5.74) is 16.3. The summed E-state index contributed by atoms with van der Waals surface area (Å²) < 4.78 is 0. The van der Waals surface area contributed by atoms with E-state index in [1.165, 1.54) is 12.8 Å². The monoisotopic (exact) mass is 1020 g/mol. The van der Waals surface area contributed by atoms with E-state index in [9.17, 15) is 4.79 Å². The highest BCUT2D eigenvalue weighted by molar-refractivity contribution is 6.18. The highest BCUT2D eigenvalue weighted by atomic mass is 16.1. The van der Waals surface area contributed by atoms with Crippen molar-refractivity contribution < 1.29 is 4.79 Å². The first-order valence-electron chi connectivity index (χ1n) is 25.6. The van der Waals surface area contributed by atoms with Crippen molar-refractivity contribution in [2.45, 2.75) is 19.4 Å². The number of nitrogens with zero attached hydrogens (tertiary/aromatic N) is 14. The number of aliphatic imine (C=N–C) groups is 2. The lowest BCUT2D eigenvalue weighted by Crippen LogP contribution is -2.28. The number of nitrogens with one attached hydrogen (secondary N) is 4. The second-order valence-corrected chi connectivity index (χ2v) is 19.3. The van der Waals surface area contributed by atoms with Gasteiger partial charge in [0, 0.05) is 78.6 Å². The topological polar surface area (TPSA) is 233 Å². The number of hydrogen-bond donors (Lipinski definition) is 4. The minimum Gasteiger partial charge on any atom is -0.364 e. The second kappa shape index (κ2) is 19.5. The van der Waals surface area contributed by atoms with E-state index in [4.69, 9.17) is 39.9 Å². The van der Waals surface area contributed by atoms with Gasteiger partial charge in [-0.1, -0.05) is 30.3 Å². The van der Waals surface area contributed by atoms with Crippen molar-refractivity contribution >= 4 is 56.5 Å². The summed E-state index contributed by atoms with van der Waals surface area (Å²) in [6, 6.07) is 32.5. The molecule has 10 aromatic heterocycles. The molecule has 1 saturated heterocycles. The number of aromatic amines is 2. The predicted octanol–water partition coefficient (Wildman–Crippen LogP) is 9.25. The molecule has 1 fully saturated rings. The Labute approximate surface area is 445 Å². The molecule has 11 aromatic rings. The lowest BCUT2D eigenvalue weighted by atomic mass is 9.99. The Morgan fingerprint density at radius 1 is 0.590 bits per heavy atom. The molecule has 19 nitrogen and oxygen atoms in total. The molecule has 0 atom stereocenters. The number of anilines is 3. The van der Waals surface area contributed by atoms with E-state index in [-0.39, 0.29) is 5.91 Å². The fraction of sp³-hybridized carbons (Fsp3) is 0.136. The van der Waals surface area contributed by atoms with Gasteiger partial charge < -0.3 is 25.5 Å². The summed E-state index contributed by atoms with van der Waals surface area (Å²) in [5.74, 6) is 0.886. The van der Waals surface area contributed by atoms with Gasteiger partial charge in [-0.05, 0) is 104 Å². The zero-order valence-electron chi connectivity index (χ0n) is 42.1. The molecule has 4 N–H and O–H groups in total. The SMILES string of the molecule is CN1CN=C(c2nc3c(-c4ccccn4)nccc3[nH]2)c2cc(-c3cncc(NC(=O)c4ccccc4)c3)nc(-c3cccc(-c4nccc5[nH]c(C6=NCNc7cnc(-c8cncc(CN9CCCC9)c8)cc76)nc45)n3)c21. The largest absolute Gasteiger partial charge is 0.364 e. The maximum atomic E-state index is 13.4. The normalized spacial score (nSPS) is 14.2. The quantitative estimate of drug-likeness (QED) is 0.0946. The van der Waals surface area contributed by atoms with E-state index >= 15 is 0 Å². The van der Waals surface area contributed by atoms with Crippen LogP contribution in [0.5, 0.6) is 0 Å². The van der Waals surface area contributed by atoms with Crippen molar-refractivity contribution in [3.8, 4) is 56.7 Å². The number of fused-ring (bicyclic) bond motifs is 4. The fourth-order valence-corrected chi connectivity index (χ4v) is 10.4. The molecule has 13 heterocycles. The number of rotatable bonds is 11. The van der Waals surface area contributed by atoms with Gasteiger partial charge in [0.15, 0.2) is 11.6 Å². The van der Waals surface area contributed by atoms with E-state index in [2.05, 4.69) is 62.5 Å². The third-order valence-corrected chi connectivity index (χ3v) is 14.2. The molecule has 1 aromatic carbocycles. The van der Waals surface area contributed by atoms with Crippen LogP contribution >= 0.6 is 0 Å². The van der Waals surface area contributed by atoms with Crippen LogP contribution in [-0.4, -0.2) is 116 Å². The molecule has 3 aliphatic heterocycles. The smallest absolute Gasteiger partial charge is 0.255 e. The van der Waals surface area contributed by atoms with Crippen molar-refractivity contribution in [3.63, 3.8) is 0 Å². The molecule has 3 aliphatic rings. The van der Waals surface area contributed by atoms with E-state index in [1.807, 2.05) is 105 Å². The molecule has 0 bridgehead atoms. The molecule has 19 heteroatoms. The van der Waals surface area contributed by atoms with Gasteiger partial charge in [-0.25, -0.2) is 19.9 Å². The van der Waals surface area contributed by atoms with E-state index in [0.717, 1.165) is 70.0 Å². The maximum absolute atomic E-state index is 13.4. The summed E-state index contributed by atoms with van der Waals surface area (Å²) in [6.45, 7) is 3.75. The van der Waals surface area contributed by atoms with Crippen LogP contribution in [0.1, 0.15) is 51.5 Å². The molecular formula is C59H46N18O. The Bertz CT molecular complexity index is 4200. The number of imidazole rings is 2. The van der Waals surface area contributed by atoms with E-state index in [1.54, 1.807) is 43.1 Å². The lowest BCUT2D eigenvalue weighted by molar-refractivity contribution is 0.102. The number of likely N-dealkylation sites (tertiary alicyclic amines) is 1. The van der Waals surface area contributed by atoms with E-state index < -0.39 is 0 Å². The van der Waals surface area contributed by atoms with Crippen molar-refractivity contribution in [1.82, 2.24) is 64.7 Å². The van der Waals surface area contributed by atoms with Crippen LogP contribution in [0.15, 0.2) is 163 Å². The molecule has 0 radical (unpaired) electrons. The van der Waals surface area contributed by atoms with Gasteiger partial charge in [-0.3, -0.25) is 49.6 Å². The Morgan fingerprint density at radius 2 is 1.28 bits per heavy atom. The van der Waals surface area contributed by atoms with Gasteiger partial charge >= 0.3 is 0 Å². The zero-order chi connectivity index (χ0) is 52.1. The van der Waals surface area contributed by atoms with Crippen LogP contribution in [0.4, 0.5) is 17.1 Å². The molecule has 0 saturated carbocycles. The molecule has 78 heavy (non-hydrogen) atoms. The molecule has 0 aliphatic carbocycles. The number of benzene rings is 1. The average Bonchev–Trinajstić information content (AvgIpc) is 4.34. The number of carbonyl (C=O) groups is 1. The number of pyridine rings is 8. The van der Waals surface area contributed by atoms with E-state index in [0.29, 0.717) is 104 Å². The van der Waals surface area contributed by atoms with Gasteiger partial charge in [0.25, 0.3) is 5.91 Å². The van der Waals surface area contributed by atoms with Gasteiger partial charge in [0.1, 0.15) is 52.9 Å². The molecule has 378 valence electrons. The van der Waals surface area contributed by atoms with Crippen LogP contribution in [-0.2, 0) is 6.54 Å². The first kappa shape index (κ1) is 46.3. The highest BCUT2D eigenvalue weighted by Crippen LogP contribution is 2.40. The van der Waals surface area contributed by atoms with Crippen LogP contribution in [0, 0.1) is 0 Å². The van der Waals surface area contributed by atoms with Crippen molar-refractivity contribution in [2.75, 3.05) is 49.0 Å². The summed E-state index contributed by atoms with van der Waals surface area (Å²) in [5, 5.41) is 6.40. The van der Waals surface area contributed by atoms with Gasteiger partial charge in [-0.2, -0.15) is 0 Å². The number of amides is 1. The van der Waals surface area contributed by atoms with Gasteiger partial charge in [0.2, 0.25) is 0 Å². The molecular weight excluding hydrogens is 977 g/mol. The Kier molecular flexibility index (Phi) is 11.5. The van der Waals surface area contributed by atoms with Gasteiger partial charge in [-0.15, -0.1) is 0 Å². The Morgan fingerprint density at radius 3 is 2.05 bits per heavy atom. The predicted molar refractivity (Wildman–Crippen MR) is 300 cm³/mol. The number of carbonyl (C=O) groups excluding carboxylic acids is 1. The van der Waals surface area contributed by atoms with Crippen molar-refractivity contribution in [2.24, 2.45) is 9.98 Å². The number of aromatic nitrogens is 12. The Balaban J connectivity index is 0.855. The maximum Gasteiger partial charge on any atom is 0.255 e. The fourth-order valence-electron chi connectivity index (χ4n) is 10.4. The number of H-pyrrole nitrogens is 2. The van der Waals surface area contributed by atoms with Crippen LogP contribution in [0.25, 0.3) is 78.7 Å². The second-order valence-electron chi connectivity index (χ2n) is 19.3. The molecule has 14 rings (SSSR count). The first-order valence-corrected chi connectivity index (χ1v) is 25.6. The van der Waals surface area contributed by atoms with Crippen LogP contribution in [0.2, 0.25) is 0 Å². The average molecular weight is 1020 g/mol. The minimum absolute atomic E-state index is 0.259. The molecule has 0 unspecified atom stereocenters. The Hall–Kier alpha value is -10.3. The lowest BCUT2D eigenvalue weighted by Gasteiger charge is -2.28. The molecule has 1 amide bonds. The van der Waals surface area contributed by atoms with Crippen LogP contribution < -0.4 is 15.5 Å². The standard InChI is InChI=1S/C59H46N18O/c1-76-33-68-50(58-73-44-15-18-63-51(53(44)74-58)41-12-5-6-17-62-41)40-25-47(37-23-38(29-61-28-37)69-59(78)35-10-3-2-4-11-35)71-55(56(40)76)43-14-9-13-42(70-43)52-54-45(16-19-64-52)72-57(75-54)49-39-24-46(65-30-48(39)66-32-67-49)36-22-34(26-60-27-36)31-77-20-7-8-21-77/h2-6,9-19,22-30,66H,7-8,20-21,31-33H2,1H3,(H,69,78)(H,72,75)(H,73,74). The van der Waals surface area contributed by atoms with Crippen LogP contribution in [0.3, 0.4) is 0 Å². The van der Waals surface area contributed by atoms with Gasteiger partial charge in [0.05, 0.1) is 69.0 Å². The first-order chi connectivity index (χ1) is 38.4. The summed E-state index contributed by atoms with van der Waals surface area (Å²) in [7, 11) is 1.98.